The van der Waals surface area contributed by atoms with E-state index in [0.717, 1.165) is 152 Å². The minimum Gasteiger partial charge on any atom is -0.496 e. The van der Waals surface area contributed by atoms with Crippen molar-refractivity contribution in [2.75, 3.05) is 21.3 Å². The first-order valence-electron chi connectivity index (χ1n) is 40.6. The molecule has 12 bridgehead atoms. The summed E-state index contributed by atoms with van der Waals surface area (Å²) in [6, 6.07) is 72.5. The van der Waals surface area contributed by atoms with Crippen LogP contribution in [0.5, 0.6) is 34.5 Å². The van der Waals surface area contributed by atoms with Gasteiger partial charge in [-0.25, -0.2) is 0 Å². The SMILES string of the molecule is COc1c2cc(C(C)(C)C)cc1Cc1cc(C(C)(C)C)cc(c1OCc1ccc(-c3ccccc3)nc1)Cc1cc(C(C)(C)C)cc(c1OC)Cc1cc(C(C)(C)C)cc(c1OCc1ccc(-c3ccccc3)nc1)Cc1cc(C(C)(C)C)cc(c1OC)Cc1cc(C(C)(C)C)cc(c1OCc1ccc(-c3ccccc3)nc1)C2. The molecule has 1 aliphatic rings. The molecule has 0 radical (unpaired) electrons. The molecule has 114 heavy (non-hydrogen) atoms. The van der Waals surface area contributed by atoms with E-state index in [1.807, 2.05) is 58.1 Å². The molecule has 9 nitrogen and oxygen atoms in total. The molecule has 588 valence electrons. The van der Waals surface area contributed by atoms with E-state index in [9.17, 15) is 0 Å². The lowest BCUT2D eigenvalue weighted by Crippen LogP contribution is -2.17. The monoisotopic (exact) mass is 1520 g/mol. The quantitative estimate of drug-likeness (QED) is 0.0995. The summed E-state index contributed by atoms with van der Waals surface area (Å²) in [4.78, 5) is 15.1. The van der Waals surface area contributed by atoms with Crippen LogP contribution in [0.4, 0.5) is 0 Å². The van der Waals surface area contributed by atoms with Gasteiger partial charge in [0, 0.05) is 90.5 Å². The van der Waals surface area contributed by atoms with Crippen molar-refractivity contribution in [2.24, 2.45) is 0 Å². The highest BCUT2D eigenvalue weighted by Crippen LogP contribution is 2.47. The third kappa shape index (κ3) is 18.9. The van der Waals surface area contributed by atoms with E-state index in [1.54, 1.807) is 0 Å². The second kappa shape index (κ2) is 33.0. The maximum absolute atomic E-state index is 7.57. The van der Waals surface area contributed by atoms with Crippen LogP contribution in [0, 0.1) is 0 Å². The Kier molecular flexibility index (Phi) is 23.5. The molecule has 0 fully saturated rings. The average molecular weight is 1520 g/mol. The van der Waals surface area contributed by atoms with Gasteiger partial charge in [-0.05, 0) is 151 Å². The number of fused-ring (bicyclic) bond motifs is 12. The molecule has 12 aromatic rings. The number of ether oxygens (including phenoxy) is 6. The van der Waals surface area contributed by atoms with Crippen molar-refractivity contribution in [1.82, 2.24) is 15.0 Å². The highest BCUT2D eigenvalue weighted by Gasteiger charge is 2.32. The summed E-state index contributed by atoms with van der Waals surface area (Å²) in [5.41, 5.74) is 27.0. The number of hydrogen-bond acceptors (Lipinski definition) is 9. The fourth-order valence-corrected chi connectivity index (χ4v) is 15.6. The van der Waals surface area contributed by atoms with E-state index in [2.05, 4.69) is 307 Å². The van der Waals surface area contributed by atoms with Gasteiger partial charge in [0.1, 0.15) is 54.3 Å². The van der Waals surface area contributed by atoms with Gasteiger partial charge in [0.15, 0.2) is 0 Å². The molecule has 0 N–H and O–H groups in total. The fraction of sp³-hybridized carbons (Fsp3) is 0.343. The summed E-state index contributed by atoms with van der Waals surface area (Å²) >= 11 is 0. The molecular weight excluding hydrogens is 1400 g/mol. The van der Waals surface area contributed by atoms with Crippen molar-refractivity contribution in [1.29, 1.82) is 0 Å². The summed E-state index contributed by atoms with van der Waals surface area (Å²) in [5, 5.41) is 0. The maximum Gasteiger partial charge on any atom is 0.126 e. The number of methoxy groups -OCH3 is 3. The van der Waals surface area contributed by atoms with Gasteiger partial charge in [0.25, 0.3) is 0 Å². The van der Waals surface area contributed by atoms with Crippen LogP contribution in [0.25, 0.3) is 33.8 Å². The maximum atomic E-state index is 7.57. The van der Waals surface area contributed by atoms with Crippen LogP contribution in [-0.2, 0) is 90.8 Å². The van der Waals surface area contributed by atoms with E-state index in [-0.39, 0.29) is 52.3 Å². The highest BCUT2D eigenvalue weighted by molar-refractivity contribution is 5.65. The van der Waals surface area contributed by atoms with Crippen molar-refractivity contribution in [3.8, 4) is 68.3 Å². The standard InChI is InChI=1S/C105H117N3O6/c1-100(2,3)85-49-73-43-79-55-88(103(10,11)12)57-81(97(79)112-64-67-37-40-91(106-61-67)70-31-25-22-26-32-70)45-75-51-86(101(4,5)6)53-77(95(75)110-20)47-83-59-90(105(16,17)18)60-84(99(83)114-66-69-39-42-93(108-63-69)72-35-29-24-30-36-72)48-78-54-87(102(7,8)9)52-76(96(78)111-21)46-82-58-89(104(13,14)15)56-80(44-74(50-85)94(73)109-19)98(82)113-65-68-38-41-92(107-62-68)71-33-27-23-28-34-71/h22-42,49-63H,43-48,64-66H2,1-21H3. The molecule has 0 amide bonds. The van der Waals surface area contributed by atoms with Crippen molar-refractivity contribution >= 4 is 0 Å². The third-order valence-electron chi connectivity index (χ3n) is 22.4. The fourth-order valence-electron chi connectivity index (χ4n) is 15.6. The van der Waals surface area contributed by atoms with Crippen molar-refractivity contribution < 1.29 is 28.4 Å². The molecule has 0 aliphatic heterocycles. The minimum absolute atomic E-state index is 0.265. The van der Waals surface area contributed by atoms with Gasteiger partial charge >= 0.3 is 0 Å². The zero-order valence-electron chi connectivity index (χ0n) is 71.4. The third-order valence-corrected chi connectivity index (χ3v) is 22.4. The predicted octanol–water partition coefficient (Wildman–Crippen LogP) is 25.3. The van der Waals surface area contributed by atoms with Gasteiger partial charge in [-0.3, -0.25) is 15.0 Å². The van der Waals surface area contributed by atoms with Crippen LogP contribution in [0.15, 0.2) is 219 Å². The minimum atomic E-state index is -0.274. The molecule has 9 aromatic carbocycles. The largest absolute Gasteiger partial charge is 0.496 e. The first kappa shape index (κ1) is 81.3. The second-order valence-electron chi connectivity index (χ2n) is 37.5. The number of nitrogens with zero attached hydrogens (tertiary/aromatic N) is 3. The summed E-state index contributed by atoms with van der Waals surface area (Å²) in [5.74, 6) is 4.94. The summed E-state index contributed by atoms with van der Waals surface area (Å²) < 4.78 is 43.6. The molecule has 0 saturated carbocycles. The van der Waals surface area contributed by atoms with E-state index < -0.39 is 0 Å². The smallest absolute Gasteiger partial charge is 0.126 e. The van der Waals surface area contributed by atoms with Crippen LogP contribution in [0.1, 0.15) is 241 Å². The van der Waals surface area contributed by atoms with Crippen LogP contribution < -0.4 is 28.4 Å². The molecule has 3 heterocycles. The molecule has 1 aliphatic carbocycles. The molecule has 0 saturated heterocycles. The van der Waals surface area contributed by atoms with Crippen LogP contribution in [-0.4, -0.2) is 36.3 Å². The zero-order chi connectivity index (χ0) is 81.2. The highest BCUT2D eigenvalue weighted by atomic mass is 16.5. The summed E-state index contributed by atoms with van der Waals surface area (Å²) in [7, 11) is 5.51. The lowest BCUT2D eigenvalue weighted by atomic mass is 9.79. The summed E-state index contributed by atoms with van der Waals surface area (Å²) in [6.07, 6.45) is 8.88. The van der Waals surface area contributed by atoms with Gasteiger partial charge in [0.2, 0.25) is 0 Å². The zero-order valence-corrected chi connectivity index (χ0v) is 71.4. The Labute approximate surface area is 680 Å². The van der Waals surface area contributed by atoms with Crippen molar-refractivity contribution in [3.05, 3.63) is 336 Å². The van der Waals surface area contributed by atoms with E-state index in [0.29, 0.717) is 38.5 Å². The molecule has 0 unspecified atom stereocenters. The van der Waals surface area contributed by atoms with E-state index in [4.69, 9.17) is 43.4 Å². The first-order chi connectivity index (χ1) is 54.1. The van der Waals surface area contributed by atoms with Gasteiger partial charge in [-0.15, -0.1) is 0 Å². The topological polar surface area (TPSA) is 94.1 Å². The lowest BCUT2D eigenvalue weighted by molar-refractivity contribution is 0.299. The van der Waals surface area contributed by atoms with Gasteiger partial charge in [-0.1, -0.05) is 307 Å². The molecule has 0 spiro atoms. The normalized spacial score (nSPS) is 13.0. The van der Waals surface area contributed by atoms with Crippen molar-refractivity contribution in [2.45, 2.75) is 215 Å². The number of hydrogen-bond donors (Lipinski definition) is 0. The molecule has 9 heteroatoms. The van der Waals surface area contributed by atoms with E-state index in [1.165, 1.54) is 33.4 Å². The van der Waals surface area contributed by atoms with Gasteiger partial charge < -0.3 is 28.4 Å². The predicted molar refractivity (Wildman–Crippen MR) is 469 cm³/mol. The number of aromatic nitrogens is 3. The Hall–Kier alpha value is -10.8. The number of pyridine rings is 3. The first-order valence-corrected chi connectivity index (χ1v) is 40.6. The lowest BCUT2D eigenvalue weighted by Gasteiger charge is -2.29. The second-order valence-corrected chi connectivity index (χ2v) is 37.5. The van der Waals surface area contributed by atoms with Gasteiger partial charge in [-0.2, -0.15) is 0 Å². The van der Waals surface area contributed by atoms with E-state index >= 15 is 0 Å². The van der Waals surface area contributed by atoms with Crippen LogP contribution >= 0.6 is 0 Å². The summed E-state index contributed by atoms with van der Waals surface area (Å²) in [6.45, 7) is 42.5. The average Bonchev–Trinajstić information content (AvgIpc) is 0.846. The molecule has 13 rings (SSSR count). The number of benzene rings is 9. The van der Waals surface area contributed by atoms with Gasteiger partial charge in [0.05, 0.1) is 38.4 Å². The Balaban J connectivity index is 1.09. The Morgan fingerprint density at radius 2 is 0.404 bits per heavy atom. The number of rotatable bonds is 15. The Morgan fingerprint density at radius 3 is 0.553 bits per heavy atom. The van der Waals surface area contributed by atoms with Crippen LogP contribution in [0.3, 0.4) is 0 Å². The molecular formula is C105H117N3O6. The molecule has 0 atom stereocenters. The van der Waals surface area contributed by atoms with Crippen LogP contribution in [0.2, 0.25) is 0 Å². The molecule has 3 aromatic heterocycles. The van der Waals surface area contributed by atoms with Crippen molar-refractivity contribution in [3.63, 3.8) is 0 Å². The Morgan fingerprint density at radius 1 is 0.228 bits per heavy atom. The Bertz CT molecular complexity index is 4710.